The van der Waals surface area contributed by atoms with E-state index in [-0.39, 0.29) is 12.5 Å². The van der Waals surface area contributed by atoms with E-state index in [1.807, 2.05) is 18.2 Å². The highest BCUT2D eigenvalue weighted by molar-refractivity contribution is 5.78. The molecule has 2 aromatic rings. The average molecular weight is 408 g/mol. The second-order valence-corrected chi connectivity index (χ2v) is 8.60. The van der Waals surface area contributed by atoms with E-state index in [9.17, 15) is 15.0 Å². The summed E-state index contributed by atoms with van der Waals surface area (Å²) in [6, 6.07) is 10.8. The van der Waals surface area contributed by atoms with E-state index in [1.54, 1.807) is 12.0 Å². The second-order valence-electron chi connectivity index (χ2n) is 8.60. The van der Waals surface area contributed by atoms with Crippen LogP contribution in [-0.2, 0) is 13.0 Å². The SMILES string of the molecule is COc1ccc(-c2cc3c4c(c2)[C@@H]2CN(C(=O)O)CC[C@@H]2N4CCCC3)c(CO)c1. The van der Waals surface area contributed by atoms with Gasteiger partial charge in [0.25, 0.3) is 0 Å². The van der Waals surface area contributed by atoms with Crippen LogP contribution in [0.3, 0.4) is 0 Å². The molecule has 6 nitrogen and oxygen atoms in total. The third kappa shape index (κ3) is 3.01. The first-order valence-electron chi connectivity index (χ1n) is 10.8. The van der Waals surface area contributed by atoms with Crippen LogP contribution < -0.4 is 9.64 Å². The molecule has 0 unspecified atom stereocenters. The van der Waals surface area contributed by atoms with Crippen molar-refractivity contribution in [2.45, 2.75) is 44.2 Å². The predicted molar refractivity (Wildman–Crippen MR) is 115 cm³/mol. The van der Waals surface area contributed by atoms with Crippen molar-refractivity contribution in [3.05, 3.63) is 47.0 Å². The number of amides is 1. The van der Waals surface area contributed by atoms with Gasteiger partial charge in [0.2, 0.25) is 0 Å². The fraction of sp³-hybridized carbons (Fsp3) is 0.458. The van der Waals surface area contributed by atoms with Gasteiger partial charge in [0, 0.05) is 37.3 Å². The summed E-state index contributed by atoms with van der Waals surface area (Å²) in [5.41, 5.74) is 6.94. The van der Waals surface area contributed by atoms with Crippen molar-refractivity contribution < 1.29 is 19.7 Å². The number of hydrogen-bond donors (Lipinski definition) is 2. The third-order valence-electron chi connectivity index (χ3n) is 7.04. The normalized spacial score (nSPS) is 22.3. The number of piperidine rings is 1. The summed E-state index contributed by atoms with van der Waals surface area (Å²) < 4.78 is 5.33. The molecule has 30 heavy (non-hydrogen) atoms. The van der Waals surface area contributed by atoms with Gasteiger partial charge >= 0.3 is 6.09 Å². The molecule has 2 atom stereocenters. The van der Waals surface area contributed by atoms with Gasteiger partial charge in [-0.25, -0.2) is 4.79 Å². The van der Waals surface area contributed by atoms with E-state index >= 15 is 0 Å². The minimum Gasteiger partial charge on any atom is -0.497 e. The predicted octanol–water partition coefficient (Wildman–Crippen LogP) is 3.85. The molecule has 0 spiro atoms. The second kappa shape index (κ2) is 7.51. The molecule has 1 saturated heterocycles. The molecule has 3 heterocycles. The lowest BCUT2D eigenvalue weighted by atomic mass is 9.85. The number of hydrogen-bond acceptors (Lipinski definition) is 4. The van der Waals surface area contributed by atoms with Crippen LogP contribution >= 0.6 is 0 Å². The molecule has 1 fully saturated rings. The zero-order valence-electron chi connectivity index (χ0n) is 17.3. The summed E-state index contributed by atoms with van der Waals surface area (Å²) in [6.07, 6.45) is 3.43. The van der Waals surface area contributed by atoms with Gasteiger partial charge in [-0.1, -0.05) is 6.07 Å². The van der Waals surface area contributed by atoms with Gasteiger partial charge in [-0.2, -0.15) is 0 Å². The first kappa shape index (κ1) is 19.2. The van der Waals surface area contributed by atoms with Crippen molar-refractivity contribution in [3.8, 4) is 16.9 Å². The zero-order chi connectivity index (χ0) is 20.8. The van der Waals surface area contributed by atoms with E-state index in [0.29, 0.717) is 19.1 Å². The number of benzene rings is 2. The van der Waals surface area contributed by atoms with Crippen molar-refractivity contribution in [3.63, 3.8) is 0 Å². The van der Waals surface area contributed by atoms with Gasteiger partial charge < -0.3 is 24.7 Å². The average Bonchev–Trinajstić information content (AvgIpc) is 2.92. The van der Waals surface area contributed by atoms with Crippen molar-refractivity contribution in [2.75, 3.05) is 31.6 Å². The van der Waals surface area contributed by atoms with E-state index in [1.165, 1.54) is 29.7 Å². The molecule has 0 aliphatic carbocycles. The summed E-state index contributed by atoms with van der Waals surface area (Å²) in [5, 5.41) is 19.5. The van der Waals surface area contributed by atoms with Gasteiger partial charge in [-0.3, -0.25) is 0 Å². The number of aryl methyl sites for hydroxylation is 1. The van der Waals surface area contributed by atoms with E-state index in [4.69, 9.17) is 4.74 Å². The highest BCUT2D eigenvalue weighted by Crippen LogP contribution is 2.49. The zero-order valence-corrected chi connectivity index (χ0v) is 17.3. The number of methoxy groups -OCH3 is 1. The van der Waals surface area contributed by atoms with Gasteiger partial charge in [0.1, 0.15) is 5.75 Å². The van der Waals surface area contributed by atoms with Gasteiger partial charge in [0.05, 0.1) is 13.7 Å². The Kier molecular flexibility index (Phi) is 4.82. The van der Waals surface area contributed by atoms with Crippen LogP contribution in [0, 0.1) is 0 Å². The Morgan fingerprint density at radius 1 is 1.20 bits per heavy atom. The van der Waals surface area contributed by atoms with E-state index in [0.717, 1.165) is 41.8 Å². The van der Waals surface area contributed by atoms with Crippen LogP contribution in [0.1, 0.15) is 41.9 Å². The minimum atomic E-state index is -0.824. The van der Waals surface area contributed by atoms with Crippen molar-refractivity contribution in [2.24, 2.45) is 0 Å². The van der Waals surface area contributed by atoms with E-state index < -0.39 is 6.09 Å². The molecule has 0 bridgehead atoms. The largest absolute Gasteiger partial charge is 0.497 e. The smallest absolute Gasteiger partial charge is 0.407 e. The number of ether oxygens (including phenoxy) is 1. The van der Waals surface area contributed by atoms with Crippen molar-refractivity contribution in [1.29, 1.82) is 0 Å². The van der Waals surface area contributed by atoms with Gasteiger partial charge in [-0.05, 0) is 77.8 Å². The van der Waals surface area contributed by atoms with Crippen LogP contribution in [0.4, 0.5) is 10.5 Å². The number of fused-ring (bicyclic) bond motifs is 3. The highest BCUT2D eigenvalue weighted by Gasteiger charge is 2.44. The Morgan fingerprint density at radius 2 is 2.07 bits per heavy atom. The van der Waals surface area contributed by atoms with Crippen LogP contribution in [0.2, 0.25) is 0 Å². The molecule has 2 N–H and O–H groups in total. The Labute approximate surface area is 176 Å². The summed E-state index contributed by atoms with van der Waals surface area (Å²) >= 11 is 0. The summed E-state index contributed by atoms with van der Waals surface area (Å²) in [4.78, 5) is 15.8. The lowest BCUT2D eigenvalue weighted by molar-refractivity contribution is 0.127. The minimum absolute atomic E-state index is 0.0517. The van der Waals surface area contributed by atoms with Gasteiger partial charge in [0.15, 0.2) is 0 Å². The van der Waals surface area contributed by atoms with Crippen molar-refractivity contribution in [1.82, 2.24) is 4.90 Å². The molecule has 158 valence electrons. The standard InChI is InChI=1S/C24H28N2O4/c1-30-18-5-6-19(17(11-18)14-27)16-10-15-4-2-3-8-26-22-7-9-25(24(28)29)13-21(22)20(12-16)23(15)26/h5-6,10-12,21-22,27H,2-4,7-9,13-14H2,1H3,(H,28,29)/t21-,22-/m0/s1. The molecule has 1 amide bonds. The fourth-order valence-electron chi connectivity index (χ4n) is 5.64. The first-order valence-corrected chi connectivity index (χ1v) is 10.8. The van der Waals surface area contributed by atoms with Crippen LogP contribution in [0.25, 0.3) is 11.1 Å². The number of likely N-dealkylation sites (tertiary alicyclic amines) is 1. The number of anilines is 1. The topological polar surface area (TPSA) is 73.2 Å². The molecular formula is C24H28N2O4. The fourth-order valence-corrected chi connectivity index (χ4v) is 5.64. The van der Waals surface area contributed by atoms with Crippen LogP contribution in [0.5, 0.6) is 5.75 Å². The lowest BCUT2D eigenvalue weighted by Crippen LogP contribution is -2.48. The number of aliphatic hydroxyl groups is 1. The quantitative estimate of drug-likeness (QED) is 0.807. The molecule has 3 aliphatic heterocycles. The molecule has 0 aromatic heterocycles. The Bertz CT molecular complexity index is 989. The Balaban J connectivity index is 1.64. The van der Waals surface area contributed by atoms with E-state index in [2.05, 4.69) is 17.0 Å². The Morgan fingerprint density at radius 3 is 2.83 bits per heavy atom. The molecule has 3 aliphatic rings. The number of rotatable bonds is 3. The number of nitrogens with zero attached hydrogens (tertiary/aromatic N) is 2. The molecule has 0 radical (unpaired) electrons. The van der Waals surface area contributed by atoms with Crippen molar-refractivity contribution >= 4 is 11.8 Å². The molecule has 6 heteroatoms. The molecular weight excluding hydrogens is 380 g/mol. The monoisotopic (exact) mass is 408 g/mol. The lowest BCUT2D eigenvalue weighted by Gasteiger charge is -2.37. The summed E-state index contributed by atoms with van der Waals surface area (Å²) in [7, 11) is 1.63. The molecule has 2 aromatic carbocycles. The molecule has 5 rings (SSSR count). The Hall–Kier alpha value is -2.73. The van der Waals surface area contributed by atoms with Crippen LogP contribution in [0.15, 0.2) is 30.3 Å². The number of aliphatic hydroxyl groups excluding tert-OH is 1. The highest BCUT2D eigenvalue weighted by atomic mass is 16.5. The summed E-state index contributed by atoms with van der Waals surface area (Å²) in [5.74, 6) is 0.940. The maximum Gasteiger partial charge on any atom is 0.407 e. The number of carboxylic acid groups (broad SMARTS) is 1. The maximum atomic E-state index is 11.6. The van der Waals surface area contributed by atoms with Crippen LogP contribution in [-0.4, -0.2) is 54.0 Å². The first-order chi connectivity index (χ1) is 14.6. The number of carbonyl (C=O) groups is 1. The maximum absolute atomic E-state index is 11.6. The third-order valence-corrected chi connectivity index (χ3v) is 7.04. The summed E-state index contributed by atoms with van der Waals surface area (Å²) in [6.45, 7) is 2.17. The molecule has 0 saturated carbocycles. The van der Waals surface area contributed by atoms with Gasteiger partial charge in [-0.15, -0.1) is 0 Å².